The molecule has 0 amide bonds. The number of nitrogens with one attached hydrogen (secondary N) is 1. The molecule has 0 saturated heterocycles. The van der Waals surface area contributed by atoms with Crippen LogP contribution in [0, 0.1) is 0 Å². The van der Waals surface area contributed by atoms with Crippen molar-refractivity contribution in [2.75, 3.05) is 0 Å². The summed E-state index contributed by atoms with van der Waals surface area (Å²) in [7, 11) is 0. The van der Waals surface area contributed by atoms with Crippen LogP contribution in [0.4, 0.5) is 5.69 Å². The predicted molar refractivity (Wildman–Crippen MR) is 111 cm³/mol. The quantitative estimate of drug-likeness (QED) is 0.737. The second kappa shape index (κ2) is 6.81. The van der Waals surface area contributed by atoms with E-state index in [1.807, 2.05) is 50.2 Å². The molecule has 6 nitrogen and oxygen atoms in total. The van der Waals surface area contributed by atoms with Crippen LogP contribution in [0.15, 0.2) is 63.1 Å². The number of hydrogen-bond acceptors (Lipinski definition) is 4. The summed E-state index contributed by atoms with van der Waals surface area (Å²) in [6, 6.07) is 14.8. The maximum absolute atomic E-state index is 12.4. The first-order valence-corrected chi connectivity index (χ1v) is 9.04. The summed E-state index contributed by atoms with van der Waals surface area (Å²) in [6.07, 6.45) is 2.44. The summed E-state index contributed by atoms with van der Waals surface area (Å²) in [5.41, 5.74) is 3.44. The molecule has 28 heavy (non-hydrogen) atoms. The highest BCUT2D eigenvalue weighted by Gasteiger charge is 2.20. The molecular weight excluding hydrogens is 354 g/mol. The lowest BCUT2D eigenvalue weighted by atomic mass is 10.0. The molecule has 0 spiro atoms. The first-order valence-electron chi connectivity index (χ1n) is 9.04. The molecule has 1 aliphatic rings. The average Bonchev–Trinajstić information content (AvgIpc) is 3.00. The van der Waals surface area contributed by atoms with Crippen LogP contribution in [0.25, 0.3) is 17.3 Å². The van der Waals surface area contributed by atoms with E-state index < -0.39 is 17.1 Å². The summed E-state index contributed by atoms with van der Waals surface area (Å²) in [5.74, 6) is -0.400. The number of aliphatic imine (C=N–C) groups is 1. The Morgan fingerprint density at radius 2 is 1.82 bits per heavy atom. The van der Waals surface area contributed by atoms with Gasteiger partial charge in [0.05, 0.1) is 11.4 Å². The van der Waals surface area contributed by atoms with Crippen molar-refractivity contribution in [3.63, 3.8) is 0 Å². The molecule has 0 fully saturated rings. The van der Waals surface area contributed by atoms with Gasteiger partial charge in [0.1, 0.15) is 5.56 Å². The van der Waals surface area contributed by atoms with Gasteiger partial charge in [0, 0.05) is 16.8 Å². The third-order valence-electron chi connectivity index (χ3n) is 4.88. The highest BCUT2D eigenvalue weighted by Crippen LogP contribution is 2.36. The molecule has 0 radical (unpaired) electrons. The summed E-state index contributed by atoms with van der Waals surface area (Å²) in [6.45, 7) is 3.88. The minimum atomic E-state index is -0.689. The van der Waals surface area contributed by atoms with Gasteiger partial charge in [-0.15, -0.1) is 0 Å². The van der Waals surface area contributed by atoms with Crippen molar-refractivity contribution in [3.8, 4) is 11.6 Å². The number of benzene rings is 2. The minimum Gasteiger partial charge on any atom is -0.494 e. The van der Waals surface area contributed by atoms with Gasteiger partial charge in [-0.25, -0.2) is 9.36 Å². The predicted octanol–water partition coefficient (Wildman–Crippen LogP) is 3.44. The average molecular weight is 373 g/mol. The van der Waals surface area contributed by atoms with Gasteiger partial charge in [0.25, 0.3) is 5.56 Å². The topological polar surface area (TPSA) is 87.4 Å². The van der Waals surface area contributed by atoms with Gasteiger partial charge in [0.2, 0.25) is 5.88 Å². The number of aromatic amines is 1. The largest absolute Gasteiger partial charge is 0.494 e. The van der Waals surface area contributed by atoms with Gasteiger partial charge in [0.15, 0.2) is 0 Å². The number of hydrogen-bond donors (Lipinski definition) is 2. The van der Waals surface area contributed by atoms with Gasteiger partial charge >= 0.3 is 5.69 Å². The van der Waals surface area contributed by atoms with Crippen LogP contribution in [0.5, 0.6) is 5.88 Å². The van der Waals surface area contributed by atoms with Crippen LogP contribution in [0.1, 0.15) is 30.5 Å². The number of aryl methyl sites for hydroxylation is 1. The van der Waals surface area contributed by atoms with Crippen molar-refractivity contribution in [2.45, 2.75) is 20.3 Å². The number of nitrogens with zero attached hydrogens (tertiary/aromatic N) is 2. The second-order valence-electron chi connectivity index (χ2n) is 6.62. The summed E-state index contributed by atoms with van der Waals surface area (Å²) in [4.78, 5) is 31.6. The van der Waals surface area contributed by atoms with Crippen LogP contribution in [-0.2, 0) is 6.42 Å². The van der Waals surface area contributed by atoms with Crippen molar-refractivity contribution >= 4 is 23.0 Å². The number of H-pyrrole nitrogens is 1. The van der Waals surface area contributed by atoms with Crippen LogP contribution < -0.4 is 11.2 Å². The van der Waals surface area contributed by atoms with E-state index in [2.05, 4.69) is 9.98 Å². The van der Waals surface area contributed by atoms with Crippen molar-refractivity contribution in [1.82, 2.24) is 9.55 Å². The fraction of sp³-hybridized carbons (Fsp3) is 0.136. The lowest BCUT2D eigenvalue weighted by Gasteiger charge is -2.11. The fourth-order valence-corrected chi connectivity index (χ4v) is 3.35. The van der Waals surface area contributed by atoms with Crippen molar-refractivity contribution in [1.29, 1.82) is 0 Å². The summed E-state index contributed by atoms with van der Waals surface area (Å²) < 4.78 is 1.10. The van der Waals surface area contributed by atoms with E-state index >= 15 is 0 Å². The van der Waals surface area contributed by atoms with Crippen LogP contribution in [0.2, 0.25) is 0 Å². The highest BCUT2D eigenvalue weighted by molar-refractivity contribution is 6.31. The Labute approximate surface area is 161 Å². The lowest BCUT2D eigenvalue weighted by Crippen LogP contribution is -2.30. The Hall–Kier alpha value is -3.67. The van der Waals surface area contributed by atoms with E-state index in [0.717, 1.165) is 39.1 Å². The molecule has 2 heterocycles. The number of allylic oxidation sites excluding steroid dienone is 1. The third-order valence-corrected chi connectivity index (χ3v) is 4.88. The second-order valence-corrected chi connectivity index (χ2v) is 6.62. The van der Waals surface area contributed by atoms with Crippen LogP contribution >= 0.6 is 0 Å². The zero-order valence-corrected chi connectivity index (χ0v) is 15.6. The highest BCUT2D eigenvalue weighted by atomic mass is 16.3. The van der Waals surface area contributed by atoms with E-state index in [1.54, 1.807) is 18.2 Å². The molecule has 0 atom stereocenters. The molecule has 1 aromatic heterocycles. The van der Waals surface area contributed by atoms with E-state index in [1.165, 1.54) is 0 Å². The monoisotopic (exact) mass is 373 g/mol. The molecular formula is C22H19N3O3. The van der Waals surface area contributed by atoms with E-state index in [9.17, 15) is 14.7 Å². The number of aromatic hydroxyl groups is 1. The van der Waals surface area contributed by atoms with Crippen LogP contribution in [0.3, 0.4) is 0 Å². The molecule has 0 aliphatic carbocycles. The molecule has 4 rings (SSSR count). The molecule has 2 N–H and O–H groups in total. The van der Waals surface area contributed by atoms with Crippen molar-refractivity contribution in [3.05, 3.63) is 86.1 Å². The first-order chi connectivity index (χ1) is 13.5. The van der Waals surface area contributed by atoms with Gasteiger partial charge in [-0.1, -0.05) is 37.3 Å². The molecule has 0 saturated carbocycles. The zero-order valence-electron chi connectivity index (χ0n) is 15.6. The number of aromatic nitrogens is 2. The molecule has 1 aliphatic heterocycles. The Bertz CT molecular complexity index is 1250. The smallest absolute Gasteiger partial charge is 0.335 e. The van der Waals surface area contributed by atoms with Crippen molar-refractivity contribution in [2.24, 2.45) is 4.99 Å². The fourth-order valence-electron chi connectivity index (χ4n) is 3.35. The summed E-state index contributed by atoms with van der Waals surface area (Å²) in [5, 5.41) is 10.8. The molecule has 6 heteroatoms. The van der Waals surface area contributed by atoms with E-state index in [4.69, 9.17) is 0 Å². The molecule has 3 aromatic rings. The molecule has 0 unspecified atom stereocenters. The maximum Gasteiger partial charge on any atom is 0.335 e. The van der Waals surface area contributed by atoms with E-state index in [0.29, 0.717) is 5.69 Å². The Morgan fingerprint density at radius 1 is 1.11 bits per heavy atom. The Balaban J connectivity index is 1.91. The SMILES string of the molecule is CCc1ccc(-n2c(O)c(/C=C3/C(C)=Nc4ccccc43)c(=O)[nH]c2=O)cc1. The Morgan fingerprint density at radius 3 is 2.54 bits per heavy atom. The minimum absolute atomic E-state index is 0.0143. The third kappa shape index (κ3) is 2.89. The Kier molecular flexibility index (Phi) is 4.31. The number of rotatable bonds is 3. The maximum atomic E-state index is 12.4. The normalized spacial score (nSPS) is 14.2. The molecule has 2 aromatic carbocycles. The summed E-state index contributed by atoms with van der Waals surface area (Å²) >= 11 is 0. The van der Waals surface area contributed by atoms with Gasteiger partial charge in [-0.2, -0.15) is 0 Å². The van der Waals surface area contributed by atoms with Gasteiger partial charge < -0.3 is 5.11 Å². The first kappa shape index (κ1) is 17.7. The number of fused-ring (bicyclic) bond motifs is 1. The van der Waals surface area contributed by atoms with Gasteiger partial charge in [-0.05, 0) is 43.2 Å². The standard InChI is InChI=1S/C22H19N3O3/c1-3-14-8-10-15(11-9-14)25-21(27)18(20(26)24-22(25)28)12-17-13(2)23-19-7-5-4-6-16(17)19/h4-12,27H,3H2,1-2H3,(H,24,26,28)/b17-12-. The molecule has 140 valence electrons. The lowest BCUT2D eigenvalue weighted by molar-refractivity contribution is 0.429. The van der Waals surface area contributed by atoms with Crippen LogP contribution in [-0.4, -0.2) is 20.4 Å². The van der Waals surface area contributed by atoms with E-state index in [-0.39, 0.29) is 5.56 Å². The van der Waals surface area contributed by atoms with Gasteiger partial charge in [-0.3, -0.25) is 14.8 Å². The zero-order chi connectivity index (χ0) is 19.8. The molecule has 0 bridgehead atoms. The number of para-hydroxylation sites is 1. The van der Waals surface area contributed by atoms with Crippen molar-refractivity contribution < 1.29 is 5.11 Å².